The average molecular weight is 589 g/mol. The number of aliphatic hydroxyl groups excluding tert-OH is 1. The SMILES string of the molecule is COc1c(N2CCCC(N(C)C(O)OC([PH](=O)O)P(=O)(O)O)C2)c(C)cc2c(=O)c(C(=O)O)cn(C3CC3)c12. The molecule has 2 fully saturated rings. The lowest BCUT2D eigenvalue weighted by Crippen LogP contribution is -2.51. The number of carbonyl (C=O) groups is 1. The molecule has 5 N–H and O–H groups in total. The third kappa shape index (κ3) is 5.94. The number of anilines is 1. The Morgan fingerprint density at radius 1 is 1.28 bits per heavy atom. The number of methoxy groups -OCH3 is 1. The molecule has 1 saturated heterocycles. The zero-order valence-electron chi connectivity index (χ0n) is 21.7. The molecule has 1 aromatic heterocycles. The van der Waals surface area contributed by atoms with Gasteiger partial charge in [-0.15, -0.1) is 0 Å². The van der Waals surface area contributed by atoms with Crippen LogP contribution in [0.1, 0.15) is 47.6 Å². The summed E-state index contributed by atoms with van der Waals surface area (Å²) in [4.78, 5) is 56.2. The van der Waals surface area contributed by atoms with Gasteiger partial charge in [-0.3, -0.25) is 18.8 Å². The van der Waals surface area contributed by atoms with E-state index >= 15 is 0 Å². The zero-order chi connectivity index (χ0) is 28.8. The molecule has 2 heterocycles. The van der Waals surface area contributed by atoms with Crippen LogP contribution in [-0.2, 0) is 13.9 Å². The fourth-order valence-electron chi connectivity index (χ4n) is 5.15. The fourth-order valence-corrected chi connectivity index (χ4v) is 6.80. The molecular weight excluding hydrogens is 556 g/mol. The van der Waals surface area contributed by atoms with Crippen molar-refractivity contribution in [3.8, 4) is 5.75 Å². The lowest BCUT2D eigenvalue weighted by Gasteiger charge is -2.41. The number of likely N-dealkylation sites (N-methyl/N-ethyl adjacent to an activating group) is 1. The molecule has 39 heavy (non-hydrogen) atoms. The molecule has 0 amide bonds. The fraction of sp³-hybridized carbons (Fsp3) is 0.565. The molecule has 216 valence electrons. The van der Waals surface area contributed by atoms with Crippen LogP contribution in [0, 0.1) is 6.92 Å². The Balaban J connectivity index is 1.70. The maximum atomic E-state index is 13.1. The summed E-state index contributed by atoms with van der Waals surface area (Å²) in [5.74, 6) is -0.876. The molecule has 0 spiro atoms. The van der Waals surface area contributed by atoms with Crippen LogP contribution < -0.4 is 15.1 Å². The van der Waals surface area contributed by atoms with Crippen molar-refractivity contribution in [1.29, 1.82) is 0 Å². The van der Waals surface area contributed by atoms with Crippen molar-refractivity contribution >= 4 is 38.2 Å². The van der Waals surface area contributed by atoms with Gasteiger partial charge in [0.05, 0.1) is 23.7 Å². The third-order valence-electron chi connectivity index (χ3n) is 7.21. The van der Waals surface area contributed by atoms with Crippen LogP contribution in [0.3, 0.4) is 0 Å². The minimum atomic E-state index is -5.11. The van der Waals surface area contributed by atoms with Crippen molar-refractivity contribution < 1.29 is 48.3 Å². The second-order valence-corrected chi connectivity index (χ2v) is 13.3. The molecule has 1 saturated carbocycles. The molecule has 0 bridgehead atoms. The van der Waals surface area contributed by atoms with E-state index in [1.807, 2.05) is 4.90 Å². The van der Waals surface area contributed by atoms with Gasteiger partial charge >= 0.3 is 13.6 Å². The average Bonchev–Trinajstić information content (AvgIpc) is 3.70. The quantitative estimate of drug-likeness (QED) is 0.197. The first-order valence-electron chi connectivity index (χ1n) is 12.3. The largest absolute Gasteiger partial charge is 0.492 e. The van der Waals surface area contributed by atoms with Gasteiger partial charge in [0.2, 0.25) is 25.5 Å². The van der Waals surface area contributed by atoms with Crippen molar-refractivity contribution in [1.82, 2.24) is 9.47 Å². The number of carboxylic acid groups (broad SMARTS) is 1. The number of ether oxygens (including phenoxy) is 2. The van der Waals surface area contributed by atoms with Gasteiger partial charge in [0, 0.05) is 31.4 Å². The van der Waals surface area contributed by atoms with Crippen LogP contribution >= 0.6 is 15.6 Å². The lowest BCUT2D eigenvalue weighted by molar-refractivity contribution is -0.197. The van der Waals surface area contributed by atoms with Gasteiger partial charge in [0.25, 0.3) is 0 Å². The smallest absolute Gasteiger partial charge is 0.363 e. The van der Waals surface area contributed by atoms with Crippen LogP contribution in [-0.4, -0.2) is 85.6 Å². The molecule has 16 heteroatoms. The van der Waals surface area contributed by atoms with Crippen LogP contribution in [0.25, 0.3) is 10.9 Å². The molecule has 2 aromatic rings. The van der Waals surface area contributed by atoms with Crippen molar-refractivity contribution in [2.24, 2.45) is 0 Å². The summed E-state index contributed by atoms with van der Waals surface area (Å²) < 4.78 is 35.6. The van der Waals surface area contributed by atoms with E-state index in [4.69, 9.17) is 9.47 Å². The number of carboxylic acids is 1. The molecule has 0 radical (unpaired) electrons. The third-order valence-corrected chi connectivity index (χ3v) is 10.2. The molecule has 4 atom stereocenters. The number of rotatable bonds is 10. The number of aromatic carboxylic acids is 1. The number of aryl methyl sites for hydroxylation is 1. The maximum Gasteiger partial charge on any atom is 0.363 e. The number of pyridine rings is 1. The number of hydrogen-bond acceptors (Lipinski definition) is 9. The van der Waals surface area contributed by atoms with Crippen LogP contribution in [0.2, 0.25) is 0 Å². The summed E-state index contributed by atoms with van der Waals surface area (Å²) in [6.07, 6.45) is 2.45. The minimum Gasteiger partial charge on any atom is -0.492 e. The van der Waals surface area contributed by atoms with Crippen LogP contribution in [0.15, 0.2) is 17.1 Å². The predicted octanol–water partition coefficient (Wildman–Crippen LogP) is 1.47. The number of aromatic nitrogens is 1. The Hall–Kier alpha value is -2.28. The summed E-state index contributed by atoms with van der Waals surface area (Å²) in [7, 11) is -5.95. The summed E-state index contributed by atoms with van der Waals surface area (Å²) in [6.45, 7) is 2.72. The van der Waals surface area contributed by atoms with Gasteiger partial charge in [-0.25, -0.2) is 4.79 Å². The van der Waals surface area contributed by atoms with Crippen LogP contribution in [0.4, 0.5) is 5.69 Å². The molecule has 1 aliphatic heterocycles. The first kappa shape index (κ1) is 29.7. The first-order valence-corrected chi connectivity index (χ1v) is 15.5. The highest BCUT2D eigenvalue weighted by Gasteiger charge is 2.39. The Morgan fingerprint density at radius 2 is 1.95 bits per heavy atom. The lowest BCUT2D eigenvalue weighted by atomic mass is 10.00. The van der Waals surface area contributed by atoms with Gasteiger partial charge in [0.15, 0.2) is 5.75 Å². The monoisotopic (exact) mass is 589 g/mol. The van der Waals surface area contributed by atoms with Gasteiger partial charge < -0.3 is 43.8 Å². The first-order chi connectivity index (χ1) is 18.3. The van der Waals surface area contributed by atoms with Gasteiger partial charge in [-0.1, -0.05) is 0 Å². The molecular formula is C23H33N3O11P2. The Morgan fingerprint density at radius 3 is 2.49 bits per heavy atom. The van der Waals surface area contributed by atoms with E-state index in [9.17, 15) is 43.6 Å². The number of aliphatic hydroxyl groups is 1. The zero-order valence-corrected chi connectivity index (χ0v) is 23.6. The second kappa shape index (κ2) is 11.3. The van der Waals surface area contributed by atoms with E-state index < -0.39 is 39.0 Å². The molecule has 14 nitrogen and oxygen atoms in total. The Labute approximate surface area is 224 Å². The summed E-state index contributed by atoms with van der Waals surface area (Å²) >= 11 is 0. The highest BCUT2D eigenvalue weighted by atomic mass is 31.2. The highest BCUT2D eigenvalue weighted by molar-refractivity contribution is 7.65. The van der Waals surface area contributed by atoms with Crippen molar-refractivity contribution in [2.75, 3.05) is 32.1 Å². The van der Waals surface area contributed by atoms with E-state index in [1.54, 1.807) is 17.6 Å². The van der Waals surface area contributed by atoms with E-state index in [2.05, 4.69) is 0 Å². The molecule has 4 unspecified atom stereocenters. The Bertz CT molecular complexity index is 1400. The topological polar surface area (TPSA) is 199 Å². The highest BCUT2D eigenvalue weighted by Crippen LogP contribution is 2.52. The summed E-state index contributed by atoms with van der Waals surface area (Å²) in [5, 5.41) is 20.4. The van der Waals surface area contributed by atoms with Crippen LogP contribution in [0.5, 0.6) is 5.75 Å². The molecule has 2 aliphatic rings. The summed E-state index contributed by atoms with van der Waals surface area (Å²) in [5.41, 5.74) is -1.35. The van der Waals surface area contributed by atoms with E-state index in [0.29, 0.717) is 48.4 Å². The molecule has 4 rings (SSSR count). The standard InChI is InChI=1S/C23H33N3O11P2/c1-12-9-15-18(26(13-6-7-13)11-16(19(15)27)21(28)29)20(36-3)17(12)25-8-4-5-14(10-25)24(2)22(30)37-23(38(31)32)39(33,34)35/h9,11,13-14,22-23,30,38H,4-8,10H2,1-3H3,(H,28,29)(H,31,32)(H2,33,34,35). The van der Waals surface area contributed by atoms with Crippen molar-refractivity contribution in [2.45, 2.75) is 56.7 Å². The Kier molecular flexibility index (Phi) is 8.61. The molecule has 1 aliphatic carbocycles. The number of benzene rings is 1. The van der Waals surface area contributed by atoms with Crippen molar-refractivity contribution in [3.05, 3.63) is 33.6 Å². The summed E-state index contributed by atoms with van der Waals surface area (Å²) in [6, 6.07) is 1.33. The van der Waals surface area contributed by atoms with E-state index in [1.165, 1.54) is 25.3 Å². The van der Waals surface area contributed by atoms with E-state index in [-0.39, 0.29) is 23.0 Å². The minimum absolute atomic E-state index is 0.0455. The second-order valence-electron chi connectivity index (χ2n) is 9.94. The molecule has 1 aromatic carbocycles. The van der Waals surface area contributed by atoms with E-state index in [0.717, 1.165) is 12.8 Å². The van der Waals surface area contributed by atoms with Gasteiger partial charge in [0.1, 0.15) is 5.56 Å². The number of piperidine rings is 1. The number of nitrogens with zero attached hydrogens (tertiary/aromatic N) is 3. The van der Waals surface area contributed by atoms with Gasteiger partial charge in [-0.05, 0) is 51.3 Å². The van der Waals surface area contributed by atoms with Gasteiger partial charge in [-0.2, -0.15) is 0 Å². The normalized spacial score (nSPS) is 20.7. The maximum absolute atomic E-state index is 13.1. The predicted molar refractivity (Wildman–Crippen MR) is 142 cm³/mol. The number of fused-ring (bicyclic) bond motifs is 1. The van der Waals surface area contributed by atoms with Crippen molar-refractivity contribution in [3.63, 3.8) is 0 Å². The number of hydrogen-bond donors (Lipinski definition) is 5.